The van der Waals surface area contributed by atoms with Gasteiger partial charge in [0.05, 0.1) is 0 Å². The predicted octanol–water partition coefficient (Wildman–Crippen LogP) is 4.53. The molecule has 0 aromatic carbocycles. The summed E-state index contributed by atoms with van der Waals surface area (Å²) in [7, 11) is 0. The van der Waals surface area contributed by atoms with Crippen molar-refractivity contribution in [3.63, 3.8) is 0 Å². The van der Waals surface area contributed by atoms with Gasteiger partial charge >= 0.3 is 0 Å². The summed E-state index contributed by atoms with van der Waals surface area (Å²) in [6, 6.07) is 0. The molecule has 0 radical (unpaired) electrons. The molecule has 0 aliphatic rings. The summed E-state index contributed by atoms with van der Waals surface area (Å²) >= 11 is 3.35. The highest BCUT2D eigenvalue weighted by Gasteiger charge is 1.92. The fourth-order valence-corrected chi connectivity index (χ4v) is 0.963. The van der Waals surface area contributed by atoms with Crippen LogP contribution in [-0.2, 0) is 0 Å². The predicted molar refractivity (Wildman–Crippen MR) is 64.9 cm³/mol. The molecule has 0 amide bonds. The Balaban J connectivity index is 4.53. The molecule has 0 fully saturated rings. The first kappa shape index (κ1) is 12.2. The molecule has 0 saturated heterocycles. The molecule has 0 spiro atoms. The minimum Gasteiger partial charge on any atom is -0.0979 e. The number of halogens is 1. The molecule has 0 aliphatic carbocycles. The second kappa shape index (κ2) is 6.67. The fraction of sp³-hybridized carbons (Fsp3) is 0.167. The van der Waals surface area contributed by atoms with Gasteiger partial charge < -0.3 is 0 Å². The molecular weight excluding hydrogens is 224 g/mol. The number of allylic oxidation sites excluding steroid dienone is 8. The molecule has 0 rings (SSSR count). The third kappa shape index (κ3) is 5.42. The van der Waals surface area contributed by atoms with Crippen LogP contribution in [0.2, 0.25) is 0 Å². The SMILES string of the molecule is C=C/C(Br)=C\C(=C)/C(C)=C/C=C\C. The lowest BCUT2D eigenvalue weighted by molar-refractivity contribution is 1.44. The van der Waals surface area contributed by atoms with E-state index in [2.05, 4.69) is 29.1 Å². The second-order valence-corrected chi connectivity index (χ2v) is 3.55. The molecule has 0 atom stereocenters. The van der Waals surface area contributed by atoms with Crippen LogP contribution in [-0.4, -0.2) is 0 Å². The Labute approximate surface area is 89.2 Å². The first-order valence-corrected chi connectivity index (χ1v) is 4.89. The fourth-order valence-electron chi connectivity index (χ4n) is 0.687. The lowest BCUT2D eigenvalue weighted by Gasteiger charge is -1.98. The van der Waals surface area contributed by atoms with E-state index in [1.54, 1.807) is 6.08 Å². The maximum atomic E-state index is 3.94. The number of hydrogen-bond acceptors (Lipinski definition) is 0. The minimum atomic E-state index is 0.950. The maximum absolute atomic E-state index is 3.94. The zero-order valence-corrected chi connectivity index (χ0v) is 9.76. The van der Waals surface area contributed by atoms with Gasteiger partial charge in [-0.3, -0.25) is 0 Å². The Morgan fingerprint density at radius 1 is 1.38 bits per heavy atom. The van der Waals surface area contributed by atoms with Gasteiger partial charge in [-0.2, -0.15) is 0 Å². The topological polar surface area (TPSA) is 0 Å². The van der Waals surface area contributed by atoms with Crippen LogP contribution in [0.25, 0.3) is 0 Å². The minimum absolute atomic E-state index is 0.950. The first-order chi connectivity index (χ1) is 6.11. The monoisotopic (exact) mass is 238 g/mol. The van der Waals surface area contributed by atoms with Crippen LogP contribution in [0.4, 0.5) is 0 Å². The highest BCUT2D eigenvalue weighted by molar-refractivity contribution is 9.11. The summed E-state index contributed by atoms with van der Waals surface area (Å²) in [6.45, 7) is 11.6. The van der Waals surface area contributed by atoms with Crippen molar-refractivity contribution in [2.75, 3.05) is 0 Å². The van der Waals surface area contributed by atoms with Crippen molar-refractivity contribution in [1.82, 2.24) is 0 Å². The van der Waals surface area contributed by atoms with Gasteiger partial charge in [-0.05, 0) is 31.1 Å². The van der Waals surface area contributed by atoms with Crippen molar-refractivity contribution in [2.45, 2.75) is 13.8 Å². The third-order valence-corrected chi connectivity index (χ3v) is 2.10. The summed E-state index contributed by atoms with van der Waals surface area (Å²) in [6.07, 6.45) is 9.71. The molecule has 0 aromatic rings. The molecule has 0 N–H and O–H groups in total. The van der Waals surface area contributed by atoms with Crippen LogP contribution in [0.3, 0.4) is 0 Å². The molecule has 0 nitrogen and oxygen atoms in total. The van der Waals surface area contributed by atoms with E-state index in [1.165, 1.54) is 0 Å². The average Bonchev–Trinajstić information content (AvgIpc) is 2.13. The quantitative estimate of drug-likeness (QED) is 0.632. The maximum Gasteiger partial charge on any atom is 0.0175 e. The van der Waals surface area contributed by atoms with E-state index in [-0.39, 0.29) is 0 Å². The molecule has 0 bridgehead atoms. The Kier molecular flexibility index (Phi) is 6.25. The van der Waals surface area contributed by atoms with Crippen LogP contribution in [0.1, 0.15) is 13.8 Å². The van der Waals surface area contributed by atoms with Gasteiger partial charge in [0.25, 0.3) is 0 Å². The van der Waals surface area contributed by atoms with Gasteiger partial charge in [-0.25, -0.2) is 0 Å². The van der Waals surface area contributed by atoms with E-state index >= 15 is 0 Å². The Bertz CT molecular complexity index is 277. The van der Waals surface area contributed by atoms with Crippen molar-refractivity contribution >= 4 is 15.9 Å². The highest BCUT2D eigenvalue weighted by atomic mass is 79.9. The summed E-state index contributed by atoms with van der Waals surface area (Å²) < 4.78 is 0.950. The molecule has 13 heavy (non-hydrogen) atoms. The van der Waals surface area contributed by atoms with Crippen LogP contribution < -0.4 is 0 Å². The third-order valence-electron chi connectivity index (χ3n) is 1.55. The van der Waals surface area contributed by atoms with Crippen molar-refractivity contribution in [3.8, 4) is 0 Å². The second-order valence-electron chi connectivity index (χ2n) is 2.63. The van der Waals surface area contributed by atoms with E-state index in [0.717, 1.165) is 15.6 Å². The Hall–Kier alpha value is -0.820. The molecule has 0 aromatic heterocycles. The Morgan fingerprint density at radius 3 is 2.46 bits per heavy atom. The van der Waals surface area contributed by atoms with Crippen molar-refractivity contribution < 1.29 is 0 Å². The molecule has 70 valence electrons. The van der Waals surface area contributed by atoms with Crippen LogP contribution in [0.15, 0.2) is 59.2 Å². The van der Waals surface area contributed by atoms with E-state index < -0.39 is 0 Å². The largest absolute Gasteiger partial charge is 0.0979 e. The summed E-state index contributed by atoms with van der Waals surface area (Å²) in [5.41, 5.74) is 2.14. The van der Waals surface area contributed by atoms with E-state index in [4.69, 9.17) is 0 Å². The highest BCUT2D eigenvalue weighted by Crippen LogP contribution is 2.15. The van der Waals surface area contributed by atoms with Gasteiger partial charge in [0.2, 0.25) is 0 Å². The zero-order chi connectivity index (χ0) is 10.3. The molecule has 0 unspecified atom stereocenters. The molecule has 0 heterocycles. The Morgan fingerprint density at radius 2 is 2.00 bits per heavy atom. The van der Waals surface area contributed by atoms with Gasteiger partial charge in [0.15, 0.2) is 0 Å². The van der Waals surface area contributed by atoms with Crippen LogP contribution in [0.5, 0.6) is 0 Å². The van der Waals surface area contributed by atoms with E-state index in [1.807, 2.05) is 38.2 Å². The van der Waals surface area contributed by atoms with Crippen LogP contribution >= 0.6 is 15.9 Å². The lowest BCUT2D eigenvalue weighted by atomic mass is 10.1. The lowest BCUT2D eigenvalue weighted by Crippen LogP contribution is -1.78. The average molecular weight is 239 g/mol. The zero-order valence-electron chi connectivity index (χ0n) is 8.18. The van der Waals surface area contributed by atoms with Crippen LogP contribution in [0, 0.1) is 0 Å². The number of rotatable bonds is 4. The normalized spacial score (nSPS) is 13.5. The van der Waals surface area contributed by atoms with E-state index in [9.17, 15) is 0 Å². The molecule has 0 aliphatic heterocycles. The van der Waals surface area contributed by atoms with Crippen molar-refractivity contribution in [1.29, 1.82) is 0 Å². The van der Waals surface area contributed by atoms with Gasteiger partial charge in [0.1, 0.15) is 0 Å². The first-order valence-electron chi connectivity index (χ1n) is 4.10. The smallest absolute Gasteiger partial charge is 0.0175 e. The van der Waals surface area contributed by atoms with Gasteiger partial charge in [-0.15, -0.1) is 0 Å². The van der Waals surface area contributed by atoms with Gasteiger partial charge in [-0.1, -0.05) is 53.4 Å². The number of hydrogen-bond donors (Lipinski definition) is 0. The van der Waals surface area contributed by atoms with Gasteiger partial charge in [0, 0.05) is 4.48 Å². The summed E-state index contributed by atoms with van der Waals surface area (Å²) in [4.78, 5) is 0. The summed E-state index contributed by atoms with van der Waals surface area (Å²) in [5, 5.41) is 0. The van der Waals surface area contributed by atoms with E-state index in [0.29, 0.717) is 0 Å². The standard InChI is InChI=1S/C12H15Br/c1-5-7-8-10(3)11(4)9-12(13)6-2/h5-9H,2,4H2,1,3H3/b7-5-,10-8+,12-9+. The summed E-state index contributed by atoms with van der Waals surface area (Å²) in [5.74, 6) is 0. The van der Waals surface area contributed by atoms with Crippen molar-refractivity contribution in [3.05, 3.63) is 59.2 Å². The molecule has 1 heteroatoms. The van der Waals surface area contributed by atoms with Crippen molar-refractivity contribution in [2.24, 2.45) is 0 Å². The molecule has 0 saturated carbocycles. The molecular formula is C12H15Br.